The van der Waals surface area contributed by atoms with Gasteiger partial charge in [-0.2, -0.15) is 5.10 Å². The van der Waals surface area contributed by atoms with E-state index in [9.17, 15) is 14.0 Å². The smallest absolute Gasteiger partial charge is 0.306 e. The van der Waals surface area contributed by atoms with Gasteiger partial charge in [-0.1, -0.05) is 19.9 Å². The molecular weight excluding hydrogens is 373 g/mol. The van der Waals surface area contributed by atoms with Gasteiger partial charge in [-0.15, -0.1) is 0 Å². The standard InChI is InChI=1S/C22H30FN3O3/c1-13(2)12-26-16(5)19(15(4)25-26)9-10-21(27)29-17(6)22(28)24-18-8-7-14(3)20(23)11-18/h7-8,11,13,17H,9-10,12H2,1-6H3,(H,24,28). The van der Waals surface area contributed by atoms with Crippen LogP contribution in [-0.4, -0.2) is 27.8 Å². The average Bonchev–Trinajstić information content (AvgIpc) is 2.89. The van der Waals surface area contributed by atoms with E-state index in [1.807, 2.05) is 18.5 Å². The fourth-order valence-electron chi connectivity index (χ4n) is 3.07. The van der Waals surface area contributed by atoms with Crippen LogP contribution >= 0.6 is 0 Å². The number of aromatic nitrogens is 2. The van der Waals surface area contributed by atoms with Crippen LogP contribution in [0.25, 0.3) is 0 Å². The number of halogens is 1. The maximum absolute atomic E-state index is 13.6. The second kappa shape index (κ2) is 9.67. The Labute approximate surface area is 171 Å². The van der Waals surface area contributed by atoms with Crippen LogP contribution in [0, 0.1) is 32.5 Å². The molecule has 2 rings (SSSR count). The van der Waals surface area contributed by atoms with Gasteiger partial charge < -0.3 is 10.1 Å². The molecule has 0 radical (unpaired) electrons. The number of nitrogens with zero attached hydrogens (tertiary/aromatic N) is 2. The topological polar surface area (TPSA) is 73.2 Å². The number of carbonyl (C=O) groups is 2. The first-order chi connectivity index (χ1) is 13.6. The van der Waals surface area contributed by atoms with Gasteiger partial charge in [0.1, 0.15) is 5.82 Å². The maximum Gasteiger partial charge on any atom is 0.306 e. The molecule has 1 N–H and O–H groups in total. The lowest BCUT2D eigenvalue weighted by molar-refractivity contribution is -0.153. The minimum absolute atomic E-state index is 0.159. The largest absolute Gasteiger partial charge is 0.453 e. The van der Waals surface area contributed by atoms with E-state index in [1.54, 1.807) is 19.1 Å². The van der Waals surface area contributed by atoms with Gasteiger partial charge in [-0.3, -0.25) is 14.3 Å². The predicted octanol–water partition coefficient (Wildman–Crippen LogP) is 4.11. The van der Waals surface area contributed by atoms with Crippen molar-refractivity contribution in [1.82, 2.24) is 9.78 Å². The van der Waals surface area contributed by atoms with E-state index in [0.717, 1.165) is 23.5 Å². The third-order valence-electron chi connectivity index (χ3n) is 4.77. The van der Waals surface area contributed by atoms with Crippen LogP contribution in [0.3, 0.4) is 0 Å². The van der Waals surface area contributed by atoms with E-state index >= 15 is 0 Å². The number of hydrogen-bond donors (Lipinski definition) is 1. The van der Waals surface area contributed by atoms with Gasteiger partial charge in [0.05, 0.1) is 5.69 Å². The third kappa shape index (κ3) is 6.14. The number of anilines is 1. The molecule has 1 heterocycles. The summed E-state index contributed by atoms with van der Waals surface area (Å²) in [5.74, 6) is -0.889. The lowest BCUT2D eigenvalue weighted by Gasteiger charge is -2.14. The van der Waals surface area contributed by atoms with Crippen LogP contribution in [0.2, 0.25) is 0 Å². The molecule has 1 atom stereocenters. The highest BCUT2D eigenvalue weighted by Crippen LogP contribution is 2.17. The lowest BCUT2D eigenvalue weighted by Crippen LogP contribution is -2.30. The molecule has 1 aromatic carbocycles. The fraction of sp³-hybridized carbons (Fsp3) is 0.500. The first-order valence-corrected chi connectivity index (χ1v) is 9.87. The summed E-state index contributed by atoms with van der Waals surface area (Å²) in [7, 11) is 0. The van der Waals surface area contributed by atoms with Crippen LogP contribution in [0.4, 0.5) is 10.1 Å². The molecule has 0 bridgehead atoms. The van der Waals surface area contributed by atoms with E-state index in [0.29, 0.717) is 23.6 Å². The van der Waals surface area contributed by atoms with Gasteiger partial charge in [-0.25, -0.2) is 4.39 Å². The van der Waals surface area contributed by atoms with Crippen molar-refractivity contribution in [3.05, 3.63) is 46.5 Å². The summed E-state index contributed by atoms with van der Waals surface area (Å²) in [6.45, 7) is 12.2. The van der Waals surface area contributed by atoms with Gasteiger partial charge >= 0.3 is 5.97 Å². The number of hydrogen-bond acceptors (Lipinski definition) is 4. The molecule has 0 fully saturated rings. The summed E-state index contributed by atoms with van der Waals surface area (Å²) in [5, 5.41) is 7.11. The Morgan fingerprint density at radius 3 is 2.52 bits per heavy atom. The molecular formula is C22H30FN3O3. The first-order valence-electron chi connectivity index (χ1n) is 9.87. The summed E-state index contributed by atoms with van der Waals surface area (Å²) in [4.78, 5) is 24.4. The second-order valence-corrected chi connectivity index (χ2v) is 7.81. The summed E-state index contributed by atoms with van der Waals surface area (Å²) in [5.41, 5.74) is 3.81. The van der Waals surface area contributed by atoms with Crippen LogP contribution in [-0.2, 0) is 27.3 Å². The van der Waals surface area contributed by atoms with Crippen molar-refractivity contribution in [2.75, 3.05) is 5.32 Å². The number of aryl methyl sites for hydroxylation is 2. The van der Waals surface area contributed by atoms with Crippen LogP contribution < -0.4 is 5.32 Å². The predicted molar refractivity (Wildman–Crippen MR) is 110 cm³/mol. The van der Waals surface area contributed by atoms with Gasteiger partial charge in [0.25, 0.3) is 5.91 Å². The second-order valence-electron chi connectivity index (χ2n) is 7.81. The zero-order chi connectivity index (χ0) is 21.7. The number of amides is 1. The quantitative estimate of drug-likeness (QED) is 0.674. The van der Waals surface area contributed by atoms with Gasteiger partial charge in [0.15, 0.2) is 6.10 Å². The fourth-order valence-corrected chi connectivity index (χ4v) is 3.07. The summed E-state index contributed by atoms with van der Waals surface area (Å²) >= 11 is 0. The summed E-state index contributed by atoms with van der Waals surface area (Å²) in [6.07, 6.45) is -0.310. The van der Waals surface area contributed by atoms with Crippen molar-refractivity contribution in [3.8, 4) is 0 Å². The molecule has 0 aliphatic heterocycles. The Bertz CT molecular complexity index is 890. The molecule has 0 spiro atoms. The first kappa shape index (κ1) is 22.6. The molecule has 1 amide bonds. The molecule has 1 aromatic heterocycles. The number of carbonyl (C=O) groups excluding carboxylic acids is 2. The molecule has 0 saturated carbocycles. The molecule has 0 aliphatic rings. The minimum Gasteiger partial charge on any atom is -0.453 e. The molecule has 0 aliphatic carbocycles. The van der Waals surface area contributed by atoms with Gasteiger partial charge in [0, 0.05) is 24.3 Å². The Morgan fingerprint density at radius 2 is 1.90 bits per heavy atom. The molecule has 0 saturated heterocycles. The SMILES string of the molecule is Cc1ccc(NC(=O)C(C)OC(=O)CCc2c(C)nn(CC(C)C)c2C)cc1F. The maximum atomic E-state index is 13.6. The average molecular weight is 403 g/mol. The van der Waals surface area contributed by atoms with Crippen LogP contribution in [0.1, 0.15) is 49.7 Å². The monoisotopic (exact) mass is 403 g/mol. The number of rotatable bonds is 8. The number of ether oxygens (including phenoxy) is 1. The Balaban J connectivity index is 1.89. The zero-order valence-electron chi connectivity index (χ0n) is 18.0. The molecule has 1 unspecified atom stereocenters. The Hall–Kier alpha value is -2.70. The van der Waals surface area contributed by atoms with Gasteiger partial charge in [0.2, 0.25) is 0 Å². The molecule has 2 aromatic rings. The molecule has 6 nitrogen and oxygen atoms in total. The normalized spacial score (nSPS) is 12.1. The number of nitrogens with one attached hydrogen (secondary N) is 1. The van der Waals surface area contributed by atoms with Crippen molar-refractivity contribution in [1.29, 1.82) is 0 Å². The molecule has 29 heavy (non-hydrogen) atoms. The zero-order valence-corrected chi connectivity index (χ0v) is 18.0. The number of esters is 1. The molecule has 158 valence electrons. The van der Waals surface area contributed by atoms with Crippen molar-refractivity contribution in [2.45, 2.75) is 67.0 Å². The highest BCUT2D eigenvalue weighted by atomic mass is 19.1. The van der Waals surface area contributed by atoms with Crippen LogP contribution in [0.5, 0.6) is 0 Å². The van der Waals surface area contributed by atoms with Crippen molar-refractivity contribution < 1.29 is 18.7 Å². The lowest BCUT2D eigenvalue weighted by atomic mass is 10.1. The summed E-state index contributed by atoms with van der Waals surface area (Å²) < 4.78 is 20.8. The van der Waals surface area contributed by atoms with E-state index < -0.39 is 23.8 Å². The van der Waals surface area contributed by atoms with E-state index in [4.69, 9.17) is 4.74 Å². The van der Waals surface area contributed by atoms with Gasteiger partial charge in [-0.05, 0) is 63.3 Å². The summed E-state index contributed by atoms with van der Waals surface area (Å²) in [6, 6.07) is 4.42. The highest BCUT2D eigenvalue weighted by Gasteiger charge is 2.20. The highest BCUT2D eigenvalue weighted by molar-refractivity contribution is 5.95. The van der Waals surface area contributed by atoms with Crippen molar-refractivity contribution >= 4 is 17.6 Å². The van der Waals surface area contributed by atoms with Crippen molar-refractivity contribution in [3.63, 3.8) is 0 Å². The van der Waals surface area contributed by atoms with E-state index in [1.165, 1.54) is 13.0 Å². The Kier molecular flexibility index (Phi) is 7.53. The number of benzene rings is 1. The minimum atomic E-state index is -0.974. The van der Waals surface area contributed by atoms with E-state index in [-0.39, 0.29) is 6.42 Å². The third-order valence-corrected chi connectivity index (χ3v) is 4.77. The Morgan fingerprint density at radius 1 is 1.21 bits per heavy atom. The molecule has 7 heteroatoms. The van der Waals surface area contributed by atoms with Crippen molar-refractivity contribution in [2.24, 2.45) is 5.92 Å². The van der Waals surface area contributed by atoms with E-state index in [2.05, 4.69) is 24.3 Å². The van der Waals surface area contributed by atoms with Crippen LogP contribution in [0.15, 0.2) is 18.2 Å².